The lowest BCUT2D eigenvalue weighted by Crippen LogP contribution is -2.60. The summed E-state index contributed by atoms with van der Waals surface area (Å²) in [4.78, 5) is 107. The van der Waals surface area contributed by atoms with Crippen molar-refractivity contribution in [3.63, 3.8) is 0 Å². The third-order valence-electron chi connectivity index (χ3n) is 13.2. The van der Waals surface area contributed by atoms with Crippen molar-refractivity contribution in [3.8, 4) is 5.75 Å². The number of carboxylic acids is 1. The van der Waals surface area contributed by atoms with Crippen LogP contribution in [0.25, 0.3) is 10.9 Å². The van der Waals surface area contributed by atoms with Crippen LogP contribution in [-0.4, -0.2) is 154 Å². The number of benzene rings is 2. The standard InChI is InChI=1S/C48H67N11O11/c1-70-32-15-16-33-29(24-53-36(33)23-32)21-39-45(67)55-34(9-5-18-52-48(49)50)42(64)51-17-6-10-35(56-43(65)37(54-25-41(62)63)19-27-7-3-2-4-8-27)47(69)59-26-31(61)22-40(59)46(68)58-38(44(66)57-39)20-28-11-13-30(60)14-12-28/h2-4,7-8,15-16,23-24,28,30-31,34-35,37-40,53-54,60-61H,5-6,9-14,17-22,25-26H2,1H3,(H,51,64)(H,55,67)(H,56,65)(H,57,66)(H,58,68)(H,62,63)(H4,49,50,52)/t28?,30?,31-,34+,35+,37?,38-,39+,40+/m1/s1. The molecule has 3 aliphatic rings. The number of fused-ring (bicyclic) bond motifs is 2. The van der Waals surface area contributed by atoms with Gasteiger partial charge in [0.05, 0.1) is 31.9 Å². The van der Waals surface area contributed by atoms with Gasteiger partial charge in [-0.1, -0.05) is 30.3 Å². The number of aliphatic imine (C=N–C) groups is 1. The van der Waals surface area contributed by atoms with Gasteiger partial charge in [0, 0.05) is 55.6 Å². The second-order valence-corrected chi connectivity index (χ2v) is 18.4. The number of aromatic nitrogens is 1. The lowest BCUT2D eigenvalue weighted by Gasteiger charge is -2.32. The average molecular weight is 974 g/mol. The first-order valence-electron chi connectivity index (χ1n) is 23.9. The number of hydrogen-bond donors (Lipinski definition) is 12. The van der Waals surface area contributed by atoms with Crippen LogP contribution in [-0.2, 0) is 46.4 Å². The Morgan fingerprint density at radius 3 is 2.31 bits per heavy atom. The average Bonchev–Trinajstić information content (AvgIpc) is 3.94. The van der Waals surface area contributed by atoms with E-state index in [2.05, 4.69) is 41.9 Å². The molecule has 3 aromatic rings. The minimum Gasteiger partial charge on any atom is -0.497 e. The first-order valence-corrected chi connectivity index (χ1v) is 23.9. The molecule has 1 unspecified atom stereocenters. The van der Waals surface area contributed by atoms with Gasteiger partial charge in [-0.15, -0.1) is 0 Å². The molecule has 380 valence electrons. The quantitative estimate of drug-likeness (QED) is 0.0457. The fourth-order valence-corrected chi connectivity index (χ4v) is 9.42. The van der Waals surface area contributed by atoms with E-state index in [1.54, 1.807) is 48.7 Å². The topological polar surface area (TPSA) is 345 Å². The van der Waals surface area contributed by atoms with E-state index < -0.39 is 96.4 Å². The molecule has 70 heavy (non-hydrogen) atoms. The smallest absolute Gasteiger partial charge is 0.317 e. The van der Waals surface area contributed by atoms with Crippen molar-refractivity contribution in [1.82, 2.24) is 41.8 Å². The van der Waals surface area contributed by atoms with Crippen molar-refractivity contribution in [1.29, 1.82) is 0 Å². The Morgan fingerprint density at radius 1 is 0.886 bits per heavy atom. The Hall–Kier alpha value is -6.78. The summed E-state index contributed by atoms with van der Waals surface area (Å²) in [6.45, 7) is -0.727. The Kier molecular flexibility index (Phi) is 18.9. The molecule has 22 heteroatoms. The van der Waals surface area contributed by atoms with Gasteiger partial charge >= 0.3 is 5.97 Å². The number of carboxylic acid groups (broad SMARTS) is 1. The van der Waals surface area contributed by atoms with Crippen molar-refractivity contribution in [2.45, 2.75) is 126 Å². The van der Waals surface area contributed by atoms with Crippen molar-refractivity contribution < 1.29 is 53.6 Å². The SMILES string of the molecule is COc1ccc2c(C[C@@H]3NC(=O)[C@@H](CC4CCC(O)CC4)NC(=O)[C@@H]4C[C@@H](O)CN4C(=O)[C@@H](NC(=O)C(Cc4ccccc4)NCC(=O)O)CCCNC(=O)[C@H](CCCN=C(N)N)NC3=O)c[nH]c2c1. The first-order chi connectivity index (χ1) is 33.6. The normalized spacial score (nSPS) is 25.5. The molecule has 2 aliphatic heterocycles. The second kappa shape index (κ2) is 25.2. The van der Waals surface area contributed by atoms with E-state index in [-0.39, 0.29) is 82.9 Å². The van der Waals surface area contributed by atoms with Gasteiger partial charge in [0.1, 0.15) is 36.0 Å². The number of carbonyl (C=O) groups excluding carboxylic acids is 6. The summed E-state index contributed by atoms with van der Waals surface area (Å²) in [6, 6.07) is 6.85. The molecular weight excluding hydrogens is 907 g/mol. The zero-order chi connectivity index (χ0) is 50.3. The number of amides is 6. The number of H-pyrrole nitrogens is 1. The van der Waals surface area contributed by atoms with E-state index in [1.807, 2.05) is 6.07 Å². The maximum absolute atomic E-state index is 14.7. The number of aliphatic hydroxyl groups is 2. The van der Waals surface area contributed by atoms with Crippen LogP contribution >= 0.6 is 0 Å². The van der Waals surface area contributed by atoms with Crippen molar-refractivity contribution in [2.24, 2.45) is 22.4 Å². The van der Waals surface area contributed by atoms with E-state index in [9.17, 15) is 48.9 Å². The van der Waals surface area contributed by atoms with Gasteiger partial charge in [0.2, 0.25) is 35.4 Å². The molecule has 2 saturated heterocycles. The Morgan fingerprint density at radius 2 is 1.60 bits per heavy atom. The van der Waals surface area contributed by atoms with Crippen LogP contribution in [0, 0.1) is 5.92 Å². The number of aromatic amines is 1. The molecular formula is C48H67N11O11. The van der Waals surface area contributed by atoms with Gasteiger partial charge in [0.25, 0.3) is 0 Å². The van der Waals surface area contributed by atoms with Crippen LogP contribution in [0.5, 0.6) is 5.75 Å². The van der Waals surface area contributed by atoms with Gasteiger partial charge in [-0.05, 0) is 93.4 Å². The molecule has 0 radical (unpaired) electrons. The number of rotatable bonds is 16. The number of nitrogens with one attached hydrogen (secondary N) is 7. The van der Waals surface area contributed by atoms with E-state index in [0.29, 0.717) is 48.1 Å². The predicted octanol–water partition coefficient (Wildman–Crippen LogP) is -1.19. The summed E-state index contributed by atoms with van der Waals surface area (Å²) in [7, 11) is 1.54. The minimum atomic E-state index is -1.32. The molecule has 1 aromatic heterocycles. The Bertz CT molecular complexity index is 2330. The zero-order valence-electron chi connectivity index (χ0n) is 39.4. The molecule has 3 heterocycles. The van der Waals surface area contributed by atoms with E-state index in [4.69, 9.17) is 16.2 Å². The number of carbonyl (C=O) groups is 7. The van der Waals surface area contributed by atoms with Crippen LogP contribution in [0.4, 0.5) is 0 Å². The Labute approximate surface area is 405 Å². The van der Waals surface area contributed by atoms with E-state index in [0.717, 1.165) is 5.39 Å². The summed E-state index contributed by atoms with van der Waals surface area (Å²) in [5.74, 6) is -5.01. The number of aliphatic carboxylic acids is 1. The molecule has 22 nitrogen and oxygen atoms in total. The molecule has 14 N–H and O–H groups in total. The van der Waals surface area contributed by atoms with Crippen LogP contribution < -0.4 is 48.1 Å². The summed E-state index contributed by atoms with van der Waals surface area (Å²) in [5.41, 5.74) is 13.2. The molecule has 1 aliphatic carbocycles. The highest BCUT2D eigenvalue weighted by Crippen LogP contribution is 2.29. The monoisotopic (exact) mass is 974 g/mol. The third kappa shape index (κ3) is 14.9. The summed E-state index contributed by atoms with van der Waals surface area (Å²) >= 11 is 0. The number of guanidine groups is 1. The minimum absolute atomic E-state index is 0.0329. The van der Waals surface area contributed by atoms with Gasteiger partial charge in [0.15, 0.2) is 5.96 Å². The maximum Gasteiger partial charge on any atom is 0.317 e. The maximum atomic E-state index is 14.7. The number of aliphatic hydroxyl groups excluding tert-OH is 2. The van der Waals surface area contributed by atoms with Gasteiger partial charge in [-0.2, -0.15) is 0 Å². The van der Waals surface area contributed by atoms with Gasteiger partial charge < -0.3 is 68.0 Å². The number of methoxy groups -OCH3 is 1. The van der Waals surface area contributed by atoms with E-state index in [1.165, 1.54) is 12.0 Å². The van der Waals surface area contributed by atoms with Gasteiger partial charge in [-0.25, -0.2) is 0 Å². The van der Waals surface area contributed by atoms with Crippen LogP contribution in [0.3, 0.4) is 0 Å². The molecule has 0 bridgehead atoms. The largest absolute Gasteiger partial charge is 0.497 e. The van der Waals surface area contributed by atoms with Crippen LogP contribution in [0.15, 0.2) is 59.7 Å². The lowest BCUT2D eigenvalue weighted by atomic mass is 9.83. The second-order valence-electron chi connectivity index (χ2n) is 18.4. The number of hydrogen-bond acceptors (Lipinski definition) is 12. The molecule has 6 amide bonds. The van der Waals surface area contributed by atoms with Gasteiger partial charge in [-0.3, -0.25) is 43.9 Å². The zero-order valence-corrected chi connectivity index (χ0v) is 39.4. The number of nitrogens with two attached hydrogens (primary N) is 2. The molecule has 2 aromatic carbocycles. The first kappa shape index (κ1) is 52.6. The molecule has 3 fully saturated rings. The summed E-state index contributed by atoms with van der Waals surface area (Å²) < 4.78 is 5.38. The molecule has 6 rings (SSSR count). The van der Waals surface area contributed by atoms with Crippen LogP contribution in [0.1, 0.15) is 75.3 Å². The highest BCUT2D eigenvalue weighted by atomic mass is 16.5. The fourth-order valence-electron chi connectivity index (χ4n) is 9.42. The fraction of sp³-hybridized carbons (Fsp3) is 0.542. The highest BCUT2D eigenvalue weighted by molar-refractivity contribution is 5.97. The molecule has 1 saturated carbocycles. The lowest BCUT2D eigenvalue weighted by molar-refractivity contribution is -0.143. The van der Waals surface area contributed by atoms with Crippen molar-refractivity contribution >= 4 is 58.3 Å². The number of nitrogens with zero attached hydrogens (tertiary/aromatic N) is 2. The van der Waals surface area contributed by atoms with E-state index >= 15 is 0 Å². The predicted molar refractivity (Wildman–Crippen MR) is 257 cm³/mol. The summed E-state index contributed by atoms with van der Waals surface area (Å²) in [5, 5.41) is 48.4. The number of ether oxygens (including phenoxy) is 1. The molecule has 0 spiro atoms. The summed E-state index contributed by atoms with van der Waals surface area (Å²) in [6.07, 6.45) is 2.50. The highest BCUT2D eigenvalue weighted by Gasteiger charge is 2.43. The van der Waals surface area contributed by atoms with Crippen molar-refractivity contribution in [2.75, 3.05) is 33.3 Å². The Balaban J connectivity index is 1.34. The van der Waals surface area contributed by atoms with Crippen molar-refractivity contribution in [3.05, 3.63) is 65.9 Å². The third-order valence-corrected chi connectivity index (χ3v) is 13.2. The molecule has 7 atom stereocenters. The van der Waals surface area contributed by atoms with Crippen LogP contribution in [0.2, 0.25) is 0 Å².